The topological polar surface area (TPSA) is 63.7 Å². The number of anilines is 1. The van der Waals surface area contributed by atoms with E-state index in [0.717, 1.165) is 44.3 Å². The molecule has 1 fully saturated rings. The minimum Gasteiger partial charge on any atom is -0.497 e. The summed E-state index contributed by atoms with van der Waals surface area (Å²) in [5.41, 5.74) is 1.72. The summed E-state index contributed by atoms with van der Waals surface area (Å²) in [7, 11) is 3.19. The molecule has 1 atom stereocenters. The fourth-order valence-electron chi connectivity index (χ4n) is 3.52. The summed E-state index contributed by atoms with van der Waals surface area (Å²) in [6.07, 6.45) is 6.83. The van der Waals surface area contributed by atoms with Crippen LogP contribution < -0.4 is 14.8 Å². The molecule has 2 amide bonds. The Kier molecular flexibility index (Phi) is 6.52. The fourth-order valence-corrected chi connectivity index (χ4v) is 3.52. The molecule has 0 radical (unpaired) electrons. The number of rotatable bonds is 6. The van der Waals surface area contributed by atoms with Gasteiger partial charge in [0.2, 0.25) is 0 Å². The Morgan fingerprint density at radius 2 is 2.11 bits per heavy atom. The number of hydrogen-bond donors (Lipinski definition) is 1. The first-order chi connectivity index (χ1) is 13.2. The molecule has 1 aromatic carbocycles. The number of pyridine rings is 1. The standard InChI is InChI=1S/C21H27N3O3/c1-26-18-11-12-19(20(15-18)27-2)23-21(25)24-14-6-4-8-17(24)10-9-16-7-3-5-13-22-16/h3,5,7,11-13,15,17H,4,6,8-10,14H2,1-2H3,(H,23,25)/t17-/m1/s1. The van der Waals surface area contributed by atoms with E-state index in [2.05, 4.69) is 10.3 Å². The van der Waals surface area contributed by atoms with Crippen molar-refractivity contribution >= 4 is 11.7 Å². The molecule has 0 saturated carbocycles. The van der Waals surface area contributed by atoms with Crippen molar-refractivity contribution in [3.8, 4) is 11.5 Å². The minimum atomic E-state index is -0.0795. The SMILES string of the molecule is COc1ccc(NC(=O)N2CCCC[C@@H]2CCc2ccccn2)c(OC)c1. The first kappa shape index (κ1) is 19.0. The van der Waals surface area contributed by atoms with Gasteiger partial charge in [-0.2, -0.15) is 0 Å². The van der Waals surface area contributed by atoms with Crippen molar-refractivity contribution in [2.75, 3.05) is 26.1 Å². The number of aryl methyl sites for hydroxylation is 1. The molecule has 0 aliphatic carbocycles. The van der Waals surface area contributed by atoms with Gasteiger partial charge in [-0.15, -0.1) is 0 Å². The maximum absolute atomic E-state index is 12.9. The monoisotopic (exact) mass is 369 g/mol. The highest BCUT2D eigenvalue weighted by molar-refractivity contribution is 5.91. The lowest BCUT2D eigenvalue weighted by molar-refractivity contribution is 0.158. The Hall–Kier alpha value is -2.76. The summed E-state index contributed by atoms with van der Waals surface area (Å²) in [5, 5.41) is 3.00. The van der Waals surface area contributed by atoms with Crippen molar-refractivity contribution in [3.05, 3.63) is 48.3 Å². The van der Waals surface area contributed by atoms with Crippen molar-refractivity contribution in [2.45, 2.75) is 38.1 Å². The summed E-state index contributed by atoms with van der Waals surface area (Å²) >= 11 is 0. The molecule has 1 aromatic heterocycles. The number of methoxy groups -OCH3 is 2. The number of aromatic nitrogens is 1. The highest BCUT2D eigenvalue weighted by Gasteiger charge is 2.27. The average Bonchev–Trinajstić information content (AvgIpc) is 2.73. The van der Waals surface area contributed by atoms with Crippen molar-refractivity contribution in [1.29, 1.82) is 0 Å². The number of amides is 2. The van der Waals surface area contributed by atoms with Gasteiger partial charge < -0.3 is 19.7 Å². The summed E-state index contributed by atoms with van der Waals surface area (Å²) in [5.74, 6) is 1.28. The van der Waals surface area contributed by atoms with Gasteiger partial charge >= 0.3 is 6.03 Å². The van der Waals surface area contributed by atoms with Crippen LogP contribution in [0.4, 0.5) is 10.5 Å². The third kappa shape index (κ3) is 4.90. The van der Waals surface area contributed by atoms with E-state index in [9.17, 15) is 4.79 Å². The molecule has 0 spiro atoms. The third-order valence-electron chi connectivity index (χ3n) is 5.00. The summed E-state index contributed by atoms with van der Waals surface area (Å²) in [6, 6.07) is 11.5. The predicted molar refractivity (Wildman–Crippen MR) is 105 cm³/mol. The zero-order valence-electron chi connectivity index (χ0n) is 16.0. The number of likely N-dealkylation sites (tertiary alicyclic amines) is 1. The lowest BCUT2D eigenvalue weighted by Crippen LogP contribution is -2.46. The molecular weight excluding hydrogens is 342 g/mol. The number of carbonyl (C=O) groups is 1. The fraction of sp³-hybridized carbons (Fsp3) is 0.429. The summed E-state index contributed by atoms with van der Waals surface area (Å²) < 4.78 is 10.6. The number of carbonyl (C=O) groups excluding carboxylic acids is 1. The molecule has 1 saturated heterocycles. The van der Waals surface area contributed by atoms with Crippen LogP contribution in [-0.2, 0) is 6.42 Å². The molecule has 2 heterocycles. The molecule has 144 valence electrons. The first-order valence-electron chi connectivity index (χ1n) is 9.41. The predicted octanol–water partition coefficient (Wildman–Crippen LogP) is 4.12. The molecule has 1 aliphatic rings. The van der Waals surface area contributed by atoms with Gasteiger partial charge in [0, 0.05) is 30.5 Å². The van der Waals surface area contributed by atoms with Crippen LogP contribution in [0.2, 0.25) is 0 Å². The van der Waals surface area contributed by atoms with Crippen LogP contribution in [0.15, 0.2) is 42.6 Å². The normalized spacial score (nSPS) is 16.7. The van der Waals surface area contributed by atoms with E-state index in [0.29, 0.717) is 17.2 Å². The van der Waals surface area contributed by atoms with Gasteiger partial charge in [0.1, 0.15) is 11.5 Å². The highest BCUT2D eigenvalue weighted by atomic mass is 16.5. The molecule has 0 bridgehead atoms. The Labute approximate surface area is 160 Å². The van der Waals surface area contributed by atoms with Crippen LogP contribution in [0.5, 0.6) is 11.5 Å². The molecule has 27 heavy (non-hydrogen) atoms. The molecule has 1 N–H and O–H groups in total. The summed E-state index contributed by atoms with van der Waals surface area (Å²) in [6.45, 7) is 0.775. The second-order valence-corrected chi connectivity index (χ2v) is 6.70. The number of ether oxygens (including phenoxy) is 2. The number of nitrogens with zero attached hydrogens (tertiary/aromatic N) is 2. The Bertz CT molecular complexity index is 752. The van der Waals surface area contributed by atoms with Crippen LogP contribution >= 0.6 is 0 Å². The molecule has 6 heteroatoms. The minimum absolute atomic E-state index is 0.0795. The molecule has 0 unspecified atom stereocenters. The van der Waals surface area contributed by atoms with Crippen LogP contribution in [0.3, 0.4) is 0 Å². The Morgan fingerprint density at radius 3 is 2.85 bits per heavy atom. The van der Waals surface area contributed by atoms with Gasteiger partial charge in [-0.25, -0.2) is 4.79 Å². The number of hydrogen-bond acceptors (Lipinski definition) is 4. The second kappa shape index (κ2) is 9.26. The number of urea groups is 1. The zero-order chi connectivity index (χ0) is 19.1. The quantitative estimate of drug-likeness (QED) is 0.832. The largest absolute Gasteiger partial charge is 0.497 e. The number of benzene rings is 1. The third-order valence-corrected chi connectivity index (χ3v) is 5.00. The van der Waals surface area contributed by atoms with Gasteiger partial charge in [0.25, 0.3) is 0 Å². The van der Waals surface area contributed by atoms with Crippen molar-refractivity contribution in [1.82, 2.24) is 9.88 Å². The molecule has 6 nitrogen and oxygen atoms in total. The second-order valence-electron chi connectivity index (χ2n) is 6.70. The van der Waals surface area contributed by atoms with E-state index in [-0.39, 0.29) is 12.1 Å². The van der Waals surface area contributed by atoms with Gasteiger partial charge in [0.05, 0.1) is 19.9 Å². The lowest BCUT2D eigenvalue weighted by Gasteiger charge is -2.36. The van der Waals surface area contributed by atoms with Crippen molar-refractivity contribution < 1.29 is 14.3 Å². The average molecular weight is 369 g/mol. The molecular formula is C21H27N3O3. The van der Waals surface area contributed by atoms with Crippen molar-refractivity contribution in [2.24, 2.45) is 0 Å². The van der Waals surface area contributed by atoms with E-state index in [4.69, 9.17) is 9.47 Å². The number of nitrogens with one attached hydrogen (secondary N) is 1. The van der Waals surface area contributed by atoms with E-state index in [1.807, 2.05) is 41.4 Å². The van der Waals surface area contributed by atoms with Crippen LogP contribution in [0, 0.1) is 0 Å². The van der Waals surface area contributed by atoms with Gasteiger partial charge in [-0.3, -0.25) is 4.98 Å². The lowest BCUT2D eigenvalue weighted by atomic mass is 9.97. The van der Waals surface area contributed by atoms with Crippen LogP contribution in [0.1, 0.15) is 31.4 Å². The molecule has 2 aromatic rings. The molecule has 3 rings (SSSR count). The summed E-state index contributed by atoms with van der Waals surface area (Å²) in [4.78, 5) is 19.3. The van der Waals surface area contributed by atoms with Gasteiger partial charge in [-0.1, -0.05) is 6.07 Å². The maximum Gasteiger partial charge on any atom is 0.322 e. The van der Waals surface area contributed by atoms with Crippen molar-refractivity contribution in [3.63, 3.8) is 0 Å². The number of piperidine rings is 1. The first-order valence-corrected chi connectivity index (χ1v) is 9.41. The molecule has 1 aliphatic heterocycles. The van der Waals surface area contributed by atoms with E-state index >= 15 is 0 Å². The highest BCUT2D eigenvalue weighted by Crippen LogP contribution is 2.30. The maximum atomic E-state index is 12.9. The van der Waals surface area contributed by atoms with Crippen LogP contribution in [0.25, 0.3) is 0 Å². The smallest absolute Gasteiger partial charge is 0.322 e. The van der Waals surface area contributed by atoms with E-state index < -0.39 is 0 Å². The Morgan fingerprint density at radius 1 is 1.22 bits per heavy atom. The zero-order valence-corrected chi connectivity index (χ0v) is 16.0. The van der Waals surface area contributed by atoms with Gasteiger partial charge in [-0.05, 0) is 56.4 Å². The van der Waals surface area contributed by atoms with E-state index in [1.54, 1.807) is 20.3 Å². The Balaban J connectivity index is 1.66. The van der Waals surface area contributed by atoms with E-state index in [1.165, 1.54) is 0 Å². The van der Waals surface area contributed by atoms with Gasteiger partial charge in [0.15, 0.2) is 0 Å². The van der Waals surface area contributed by atoms with Crippen LogP contribution in [-0.4, -0.2) is 42.7 Å².